The van der Waals surface area contributed by atoms with Crippen molar-refractivity contribution in [2.75, 3.05) is 6.61 Å². The molecule has 0 aromatic rings. The number of rotatable bonds is 5. The van der Waals surface area contributed by atoms with Crippen molar-refractivity contribution in [3.05, 3.63) is 0 Å². The molecule has 0 spiro atoms. The Kier molecular flexibility index (Phi) is 5.18. The van der Waals surface area contributed by atoms with E-state index >= 15 is 0 Å². The van der Waals surface area contributed by atoms with E-state index in [-0.39, 0.29) is 0 Å². The lowest BCUT2D eigenvalue weighted by Gasteiger charge is -2.13. The molecule has 0 aliphatic carbocycles. The van der Waals surface area contributed by atoms with Gasteiger partial charge in [-0.2, -0.15) is 0 Å². The maximum atomic E-state index is 11.4. The van der Waals surface area contributed by atoms with Gasteiger partial charge in [-0.3, -0.25) is 4.79 Å². The van der Waals surface area contributed by atoms with Crippen molar-refractivity contribution in [3.63, 3.8) is 0 Å². The minimum absolute atomic E-state index is 0.439. The molecule has 4 nitrogen and oxygen atoms in total. The molecule has 0 amide bonds. The first-order chi connectivity index (χ1) is 5.50. The topological polar surface area (TPSA) is 63.6 Å². The first-order valence-corrected chi connectivity index (χ1v) is 5.45. The van der Waals surface area contributed by atoms with Crippen LogP contribution in [-0.4, -0.2) is 29.2 Å². The van der Waals surface area contributed by atoms with E-state index in [2.05, 4.69) is 0 Å². The molecular weight excluding hydrogens is 179 g/mol. The predicted molar refractivity (Wildman–Crippen MR) is 47.2 cm³/mol. The molecule has 0 saturated carbocycles. The van der Waals surface area contributed by atoms with E-state index in [1.54, 1.807) is 13.8 Å². The summed E-state index contributed by atoms with van der Waals surface area (Å²) in [6.45, 7) is 5.34. The Hall–Kier alpha value is -0.340. The van der Waals surface area contributed by atoms with Crippen LogP contribution in [0.4, 0.5) is 0 Å². The van der Waals surface area contributed by atoms with Gasteiger partial charge in [0, 0.05) is 6.61 Å². The monoisotopic (exact) mass is 194 g/mol. The van der Waals surface area contributed by atoms with Crippen LogP contribution in [0.1, 0.15) is 20.8 Å². The van der Waals surface area contributed by atoms with Gasteiger partial charge in [0.25, 0.3) is 0 Å². The summed E-state index contributed by atoms with van der Waals surface area (Å²) in [4.78, 5) is 10.4. The number of carbonyl (C=O) groups is 1. The maximum absolute atomic E-state index is 11.4. The van der Waals surface area contributed by atoms with Gasteiger partial charge < -0.3 is 14.4 Å². The molecule has 0 aromatic heterocycles. The minimum atomic E-state index is -2.18. The molecule has 0 fully saturated rings. The van der Waals surface area contributed by atoms with Gasteiger partial charge in [-0.1, -0.05) is 0 Å². The van der Waals surface area contributed by atoms with Crippen molar-refractivity contribution < 1.29 is 19.2 Å². The van der Waals surface area contributed by atoms with Gasteiger partial charge in [-0.25, -0.2) is 0 Å². The summed E-state index contributed by atoms with van der Waals surface area (Å²) in [6.07, 6.45) is 0. The highest BCUT2D eigenvalue weighted by molar-refractivity contribution is 7.47. The van der Waals surface area contributed by atoms with Crippen LogP contribution >= 0.6 is 7.80 Å². The second-order valence-electron chi connectivity index (χ2n) is 2.56. The average Bonchev–Trinajstić information content (AvgIpc) is 2.02. The van der Waals surface area contributed by atoms with Gasteiger partial charge in [0.2, 0.25) is 0 Å². The molecule has 5 heteroatoms. The van der Waals surface area contributed by atoms with Crippen LogP contribution in [-0.2, 0) is 14.1 Å². The van der Waals surface area contributed by atoms with Gasteiger partial charge in [-0.15, -0.1) is 0 Å². The fraction of sp³-hybridized carbons (Fsp3) is 0.857. The highest BCUT2D eigenvalue weighted by Gasteiger charge is 2.23. The van der Waals surface area contributed by atoms with Gasteiger partial charge in [0.05, 0.1) is 0 Å². The standard InChI is InChI=1S/C7H15O4P/c1-4-11-6(3)12(10)5(2)7(8)9/h5-6,12H,4H2,1-3H3,(H,8,9). The van der Waals surface area contributed by atoms with Crippen molar-refractivity contribution in [3.8, 4) is 0 Å². The summed E-state index contributed by atoms with van der Waals surface area (Å²) >= 11 is 0. The smallest absolute Gasteiger partial charge is 0.313 e. The fourth-order valence-corrected chi connectivity index (χ4v) is 2.08. The fourth-order valence-electron chi connectivity index (χ4n) is 0.806. The number of carboxylic acids is 1. The second-order valence-corrected chi connectivity index (χ2v) is 5.04. The Bertz CT molecular complexity index is 180. The summed E-state index contributed by atoms with van der Waals surface area (Å²) in [5.41, 5.74) is -0.795. The molecule has 0 bridgehead atoms. The molecule has 0 radical (unpaired) electrons. The summed E-state index contributed by atoms with van der Waals surface area (Å²) < 4.78 is 16.4. The molecule has 0 aromatic carbocycles. The summed E-state index contributed by atoms with van der Waals surface area (Å²) in [7, 11) is -2.18. The molecule has 0 heterocycles. The van der Waals surface area contributed by atoms with E-state index in [0.717, 1.165) is 0 Å². The average molecular weight is 194 g/mol. The van der Waals surface area contributed by atoms with Crippen molar-refractivity contribution in [1.29, 1.82) is 0 Å². The van der Waals surface area contributed by atoms with Crippen LogP contribution in [0.3, 0.4) is 0 Å². The number of ether oxygens (including phenoxy) is 1. The molecule has 0 aliphatic heterocycles. The largest absolute Gasteiger partial charge is 0.481 e. The van der Waals surface area contributed by atoms with Crippen molar-refractivity contribution in [2.24, 2.45) is 0 Å². The normalized spacial score (nSPS) is 18.2. The Morgan fingerprint density at radius 3 is 2.42 bits per heavy atom. The second kappa shape index (κ2) is 5.33. The van der Waals surface area contributed by atoms with E-state index in [0.29, 0.717) is 6.61 Å². The molecule has 72 valence electrons. The third-order valence-electron chi connectivity index (χ3n) is 1.61. The van der Waals surface area contributed by atoms with Gasteiger partial charge in [0.15, 0.2) is 0 Å². The number of hydrogen-bond acceptors (Lipinski definition) is 3. The summed E-state index contributed by atoms with van der Waals surface area (Å²) in [5, 5.41) is 8.54. The molecule has 12 heavy (non-hydrogen) atoms. The quantitative estimate of drug-likeness (QED) is 0.672. The van der Waals surface area contributed by atoms with E-state index in [4.69, 9.17) is 9.84 Å². The first-order valence-electron chi connectivity index (χ1n) is 3.88. The van der Waals surface area contributed by atoms with Crippen molar-refractivity contribution >= 4 is 13.8 Å². The zero-order chi connectivity index (χ0) is 9.72. The minimum Gasteiger partial charge on any atom is -0.481 e. The zero-order valence-corrected chi connectivity index (χ0v) is 8.53. The van der Waals surface area contributed by atoms with Gasteiger partial charge in [-0.05, 0) is 20.8 Å². The molecule has 1 N–H and O–H groups in total. The lowest BCUT2D eigenvalue weighted by Crippen LogP contribution is -2.17. The van der Waals surface area contributed by atoms with E-state index in [1.807, 2.05) is 0 Å². The van der Waals surface area contributed by atoms with Crippen molar-refractivity contribution in [2.45, 2.75) is 32.3 Å². The molecule has 3 unspecified atom stereocenters. The van der Waals surface area contributed by atoms with Crippen LogP contribution in [0.15, 0.2) is 0 Å². The number of carboxylic acid groups (broad SMARTS) is 1. The summed E-state index contributed by atoms with van der Waals surface area (Å²) in [5.74, 6) is -1.46. The molecule has 0 saturated heterocycles. The third-order valence-corrected chi connectivity index (χ3v) is 3.68. The lowest BCUT2D eigenvalue weighted by molar-refractivity contribution is -0.136. The maximum Gasteiger partial charge on any atom is 0.313 e. The van der Waals surface area contributed by atoms with Crippen LogP contribution in [0.2, 0.25) is 0 Å². The predicted octanol–water partition coefficient (Wildman–Crippen LogP) is 1.40. The molecular formula is C7H15O4P. The first kappa shape index (κ1) is 11.7. The highest BCUT2D eigenvalue weighted by atomic mass is 31.1. The SMILES string of the molecule is CCOC(C)[PH](=O)C(C)C(=O)O. The third kappa shape index (κ3) is 3.37. The van der Waals surface area contributed by atoms with Gasteiger partial charge in [0.1, 0.15) is 19.3 Å². The highest BCUT2D eigenvalue weighted by Crippen LogP contribution is 2.34. The Morgan fingerprint density at radius 1 is 1.58 bits per heavy atom. The Labute approximate surface area is 72.7 Å². The molecule has 3 atom stereocenters. The van der Waals surface area contributed by atoms with Crippen LogP contribution in [0.25, 0.3) is 0 Å². The summed E-state index contributed by atoms with van der Waals surface area (Å²) in [6, 6.07) is 0. The molecule has 0 aliphatic rings. The van der Waals surface area contributed by atoms with Crippen molar-refractivity contribution in [1.82, 2.24) is 0 Å². The zero-order valence-electron chi connectivity index (χ0n) is 7.53. The lowest BCUT2D eigenvalue weighted by atomic mass is 10.5. The van der Waals surface area contributed by atoms with E-state index < -0.39 is 25.3 Å². The van der Waals surface area contributed by atoms with Gasteiger partial charge >= 0.3 is 5.97 Å². The number of aliphatic carboxylic acids is 1. The van der Waals surface area contributed by atoms with E-state index in [9.17, 15) is 9.36 Å². The van der Waals surface area contributed by atoms with Crippen LogP contribution in [0, 0.1) is 0 Å². The Balaban J connectivity index is 4.09. The Morgan fingerprint density at radius 2 is 2.08 bits per heavy atom. The molecule has 0 rings (SSSR count). The van der Waals surface area contributed by atoms with Crippen LogP contribution < -0.4 is 0 Å². The van der Waals surface area contributed by atoms with E-state index in [1.165, 1.54) is 6.92 Å². The van der Waals surface area contributed by atoms with Crippen LogP contribution in [0.5, 0.6) is 0 Å². The number of hydrogen-bond donors (Lipinski definition) is 1.